The van der Waals surface area contributed by atoms with Gasteiger partial charge in [0.1, 0.15) is 0 Å². The van der Waals surface area contributed by atoms with Gasteiger partial charge in [0.2, 0.25) is 0 Å². The number of aromatic amines is 1. The number of carboxylic acid groups (broad SMARTS) is 1. The molecule has 0 atom stereocenters. The molecular weight excluding hydrogens is 314 g/mol. The van der Waals surface area contributed by atoms with E-state index >= 15 is 0 Å². The first-order chi connectivity index (χ1) is 12.2. The molecular formula is C20H19N3O2. The van der Waals surface area contributed by atoms with Gasteiger partial charge in [-0.3, -0.25) is 10.00 Å². The second kappa shape index (κ2) is 6.53. The molecule has 0 bridgehead atoms. The van der Waals surface area contributed by atoms with Crippen LogP contribution in [-0.2, 0) is 19.5 Å². The fraction of sp³-hybridized carbons (Fsp3) is 0.200. The third kappa shape index (κ3) is 3.06. The largest absolute Gasteiger partial charge is 0.478 e. The lowest BCUT2D eigenvalue weighted by Gasteiger charge is -2.27. The van der Waals surface area contributed by atoms with Crippen LogP contribution in [0.25, 0.3) is 11.3 Å². The Morgan fingerprint density at radius 2 is 1.88 bits per heavy atom. The van der Waals surface area contributed by atoms with Crippen molar-refractivity contribution >= 4 is 5.97 Å². The average Bonchev–Trinajstić information content (AvgIpc) is 3.06. The van der Waals surface area contributed by atoms with Crippen molar-refractivity contribution in [1.82, 2.24) is 15.1 Å². The van der Waals surface area contributed by atoms with Gasteiger partial charge >= 0.3 is 5.97 Å². The summed E-state index contributed by atoms with van der Waals surface area (Å²) >= 11 is 0. The Kier molecular flexibility index (Phi) is 4.07. The maximum Gasteiger partial charge on any atom is 0.336 e. The van der Waals surface area contributed by atoms with Gasteiger partial charge in [-0.1, -0.05) is 48.5 Å². The SMILES string of the molecule is O=C(O)c1ccccc1CN1CCc2[nH]nc(-c3ccccc3)c2C1. The molecule has 0 aliphatic carbocycles. The fourth-order valence-electron chi connectivity index (χ4n) is 3.43. The molecule has 1 aliphatic rings. The van der Waals surface area contributed by atoms with Crippen molar-refractivity contribution in [3.63, 3.8) is 0 Å². The van der Waals surface area contributed by atoms with Crippen LogP contribution in [0.2, 0.25) is 0 Å². The van der Waals surface area contributed by atoms with Gasteiger partial charge in [0.25, 0.3) is 0 Å². The van der Waals surface area contributed by atoms with Crippen LogP contribution in [0.4, 0.5) is 0 Å². The molecule has 0 amide bonds. The average molecular weight is 333 g/mol. The first-order valence-electron chi connectivity index (χ1n) is 8.37. The van der Waals surface area contributed by atoms with E-state index in [2.05, 4.69) is 27.2 Å². The molecule has 2 N–H and O–H groups in total. The summed E-state index contributed by atoms with van der Waals surface area (Å²) in [6.07, 6.45) is 0.893. The molecule has 0 radical (unpaired) electrons. The summed E-state index contributed by atoms with van der Waals surface area (Å²) in [5, 5.41) is 17.1. The minimum absolute atomic E-state index is 0.378. The van der Waals surface area contributed by atoms with Gasteiger partial charge < -0.3 is 5.11 Å². The molecule has 0 spiro atoms. The van der Waals surface area contributed by atoms with Gasteiger partial charge in [0.05, 0.1) is 11.3 Å². The van der Waals surface area contributed by atoms with E-state index in [0.29, 0.717) is 12.1 Å². The number of aromatic nitrogens is 2. The molecule has 2 heterocycles. The minimum atomic E-state index is -0.874. The van der Waals surface area contributed by atoms with E-state index in [-0.39, 0.29) is 0 Å². The fourth-order valence-corrected chi connectivity index (χ4v) is 3.43. The van der Waals surface area contributed by atoms with E-state index in [1.165, 1.54) is 11.3 Å². The standard InChI is InChI=1S/C20H19N3O2/c24-20(25)16-9-5-4-8-15(16)12-23-11-10-18-17(13-23)19(22-21-18)14-6-2-1-3-7-14/h1-9H,10-13H2,(H,21,22)(H,24,25). The number of hydrogen-bond donors (Lipinski definition) is 2. The molecule has 126 valence electrons. The second-order valence-electron chi connectivity index (χ2n) is 6.32. The number of carboxylic acids is 1. The van der Waals surface area contributed by atoms with Crippen molar-refractivity contribution < 1.29 is 9.90 Å². The van der Waals surface area contributed by atoms with Crippen molar-refractivity contribution in [2.45, 2.75) is 19.5 Å². The Morgan fingerprint density at radius 1 is 1.12 bits per heavy atom. The quantitative estimate of drug-likeness (QED) is 0.768. The molecule has 5 heteroatoms. The third-order valence-electron chi connectivity index (χ3n) is 4.70. The first-order valence-corrected chi connectivity index (χ1v) is 8.37. The number of carbonyl (C=O) groups is 1. The summed E-state index contributed by atoms with van der Waals surface area (Å²) in [5.41, 5.74) is 5.72. The maximum atomic E-state index is 11.4. The topological polar surface area (TPSA) is 69.2 Å². The van der Waals surface area contributed by atoms with Gasteiger partial charge in [-0.15, -0.1) is 0 Å². The van der Waals surface area contributed by atoms with Crippen LogP contribution in [0, 0.1) is 0 Å². The summed E-state index contributed by atoms with van der Waals surface area (Å²) in [6.45, 7) is 2.28. The molecule has 1 aliphatic heterocycles. The van der Waals surface area contributed by atoms with Crippen LogP contribution in [0.5, 0.6) is 0 Å². The van der Waals surface area contributed by atoms with Crippen molar-refractivity contribution in [3.8, 4) is 11.3 Å². The number of nitrogens with one attached hydrogen (secondary N) is 1. The highest BCUT2D eigenvalue weighted by Crippen LogP contribution is 2.29. The summed E-state index contributed by atoms with van der Waals surface area (Å²) in [7, 11) is 0. The zero-order chi connectivity index (χ0) is 17.2. The second-order valence-corrected chi connectivity index (χ2v) is 6.32. The highest BCUT2D eigenvalue weighted by molar-refractivity contribution is 5.89. The van der Waals surface area contributed by atoms with Gasteiger partial charge in [-0.2, -0.15) is 5.10 Å². The third-order valence-corrected chi connectivity index (χ3v) is 4.70. The van der Waals surface area contributed by atoms with Crippen molar-refractivity contribution in [2.24, 2.45) is 0 Å². The Bertz CT molecular complexity index is 902. The summed E-state index contributed by atoms with van der Waals surface area (Å²) in [6, 6.07) is 17.4. The number of benzene rings is 2. The number of hydrogen-bond acceptors (Lipinski definition) is 3. The van der Waals surface area contributed by atoms with E-state index in [9.17, 15) is 9.90 Å². The number of aromatic carboxylic acids is 1. The van der Waals surface area contributed by atoms with E-state index in [1.807, 2.05) is 30.3 Å². The summed E-state index contributed by atoms with van der Waals surface area (Å²) < 4.78 is 0. The molecule has 25 heavy (non-hydrogen) atoms. The zero-order valence-corrected chi connectivity index (χ0v) is 13.8. The smallest absolute Gasteiger partial charge is 0.336 e. The molecule has 2 aromatic carbocycles. The normalized spacial score (nSPS) is 14.2. The Labute approximate surface area is 145 Å². The van der Waals surface area contributed by atoms with Crippen LogP contribution in [-0.4, -0.2) is 32.7 Å². The van der Waals surface area contributed by atoms with Gasteiger partial charge in [0.15, 0.2) is 0 Å². The van der Waals surface area contributed by atoms with E-state index in [4.69, 9.17) is 0 Å². The minimum Gasteiger partial charge on any atom is -0.478 e. The van der Waals surface area contributed by atoms with Gasteiger partial charge in [0, 0.05) is 42.9 Å². The zero-order valence-electron chi connectivity index (χ0n) is 13.8. The molecule has 1 aromatic heterocycles. The molecule has 0 unspecified atom stereocenters. The van der Waals surface area contributed by atoms with E-state index in [1.54, 1.807) is 12.1 Å². The lowest BCUT2D eigenvalue weighted by Crippen LogP contribution is -2.30. The van der Waals surface area contributed by atoms with Gasteiger partial charge in [-0.05, 0) is 11.6 Å². The molecule has 4 rings (SSSR count). The lowest BCUT2D eigenvalue weighted by molar-refractivity contribution is 0.0694. The maximum absolute atomic E-state index is 11.4. The molecule has 3 aromatic rings. The van der Waals surface area contributed by atoms with Crippen molar-refractivity contribution in [3.05, 3.63) is 77.0 Å². The number of nitrogens with zero attached hydrogens (tertiary/aromatic N) is 2. The highest BCUT2D eigenvalue weighted by Gasteiger charge is 2.23. The predicted molar refractivity (Wildman–Crippen MR) is 95.2 cm³/mol. The number of fused-ring (bicyclic) bond motifs is 1. The number of rotatable bonds is 4. The first kappa shape index (κ1) is 15.6. The van der Waals surface area contributed by atoms with Crippen LogP contribution in [0.1, 0.15) is 27.2 Å². The summed E-state index contributed by atoms with van der Waals surface area (Å²) in [4.78, 5) is 13.7. The van der Waals surface area contributed by atoms with Crippen molar-refractivity contribution in [2.75, 3.05) is 6.54 Å². The number of H-pyrrole nitrogens is 1. The molecule has 0 saturated heterocycles. The molecule has 5 nitrogen and oxygen atoms in total. The Balaban J connectivity index is 1.60. The van der Waals surface area contributed by atoms with Crippen molar-refractivity contribution in [1.29, 1.82) is 0 Å². The monoisotopic (exact) mass is 333 g/mol. The predicted octanol–water partition coefficient (Wildman–Crippen LogP) is 3.33. The van der Waals surface area contributed by atoms with E-state index < -0.39 is 5.97 Å². The van der Waals surface area contributed by atoms with Crippen LogP contribution < -0.4 is 0 Å². The molecule has 0 saturated carbocycles. The van der Waals surface area contributed by atoms with Crippen LogP contribution in [0.15, 0.2) is 54.6 Å². The van der Waals surface area contributed by atoms with Crippen LogP contribution >= 0.6 is 0 Å². The Hall–Kier alpha value is -2.92. The Morgan fingerprint density at radius 3 is 2.68 bits per heavy atom. The molecule has 0 fully saturated rings. The summed E-state index contributed by atoms with van der Waals surface area (Å²) in [5.74, 6) is -0.874. The van der Waals surface area contributed by atoms with Crippen LogP contribution in [0.3, 0.4) is 0 Å². The van der Waals surface area contributed by atoms with Gasteiger partial charge in [-0.25, -0.2) is 4.79 Å². The lowest BCUT2D eigenvalue weighted by atomic mass is 10.00. The van der Waals surface area contributed by atoms with E-state index in [0.717, 1.165) is 36.3 Å². The highest BCUT2D eigenvalue weighted by atomic mass is 16.4.